The monoisotopic (exact) mass is 433 g/mol. The fraction of sp³-hybridized carbons (Fsp3) is 0.250. The molecule has 0 bridgehead atoms. The van der Waals surface area contributed by atoms with Crippen molar-refractivity contribution in [1.82, 2.24) is 0 Å². The summed E-state index contributed by atoms with van der Waals surface area (Å²) in [5.41, 5.74) is 5.68. The van der Waals surface area contributed by atoms with Gasteiger partial charge in [0.15, 0.2) is 0 Å². The molecule has 0 aliphatic carbocycles. The Morgan fingerprint density at radius 1 is 0.536 bits per heavy atom. The Kier molecular flexibility index (Phi) is 11.4. The van der Waals surface area contributed by atoms with Gasteiger partial charge in [-0.3, -0.25) is 0 Å². The highest BCUT2D eigenvalue weighted by molar-refractivity contribution is 7.95. The molecule has 0 amide bonds. The van der Waals surface area contributed by atoms with Gasteiger partial charge in [-0.15, -0.1) is 12.4 Å². The van der Waals surface area contributed by atoms with Crippen LogP contribution in [0.25, 0.3) is 0 Å². The highest BCUT2D eigenvalue weighted by Gasteiger charge is 2.44. The number of rotatable bonds is 9. The molecule has 0 unspecified atom stereocenters. The van der Waals surface area contributed by atoms with Crippen LogP contribution in [0.2, 0.25) is 0 Å². The van der Waals surface area contributed by atoms with Gasteiger partial charge in [0.05, 0.1) is 6.16 Å². The van der Waals surface area contributed by atoms with Crippen molar-refractivity contribution >= 4 is 35.6 Å². The van der Waals surface area contributed by atoms with Crippen LogP contribution in [0.4, 0.5) is 0 Å². The summed E-state index contributed by atoms with van der Waals surface area (Å²) in [6, 6.07) is 33.4. The van der Waals surface area contributed by atoms with Crippen molar-refractivity contribution in [3.8, 4) is 0 Å². The molecule has 0 radical (unpaired) electrons. The topological polar surface area (TPSA) is 26.0 Å². The van der Waals surface area contributed by atoms with Crippen LogP contribution >= 0.6 is 19.7 Å². The number of hydrogen-bond acceptors (Lipinski definition) is 1. The maximum atomic E-state index is 5.68. The largest absolute Gasteiger partial charge is 1.00 e. The Labute approximate surface area is 182 Å². The van der Waals surface area contributed by atoms with Crippen molar-refractivity contribution in [3.05, 3.63) is 91.0 Å². The van der Waals surface area contributed by atoms with E-state index in [1.807, 2.05) is 0 Å². The molecule has 3 aromatic rings. The highest BCUT2D eigenvalue weighted by atomic mass is 35.5. The van der Waals surface area contributed by atoms with E-state index in [0.29, 0.717) is 0 Å². The Balaban J connectivity index is 0.00000196. The SMILES string of the molecule is Cl.NCCCCCC[P+](c1ccccc1)(c1ccccc1)c1ccccc1.[Cl-]. The third kappa shape index (κ3) is 5.82. The first kappa shape index (κ1) is 24.7. The number of hydrogen-bond donors (Lipinski definition) is 1. The molecule has 0 aliphatic rings. The zero-order valence-electron chi connectivity index (χ0n) is 16.2. The Morgan fingerprint density at radius 3 is 1.25 bits per heavy atom. The van der Waals surface area contributed by atoms with Gasteiger partial charge in [0.1, 0.15) is 23.2 Å². The van der Waals surface area contributed by atoms with Crippen molar-refractivity contribution in [1.29, 1.82) is 0 Å². The fourth-order valence-electron chi connectivity index (χ4n) is 3.73. The molecule has 0 atom stereocenters. The first-order valence-corrected chi connectivity index (χ1v) is 11.6. The minimum Gasteiger partial charge on any atom is -1.00 e. The van der Waals surface area contributed by atoms with Gasteiger partial charge in [-0.2, -0.15) is 0 Å². The van der Waals surface area contributed by atoms with Crippen LogP contribution in [0.15, 0.2) is 91.0 Å². The molecule has 3 aromatic carbocycles. The van der Waals surface area contributed by atoms with Crippen LogP contribution in [0.5, 0.6) is 0 Å². The second kappa shape index (κ2) is 13.0. The highest BCUT2D eigenvalue weighted by Crippen LogP contribution is 2.55. The van der Waals surface area contributed by atoms with E-state index in [1.165, 1.54) is 41.3 Å². The summed E-state index contributed by atoms with van der Waals surface area (Å²) in [5.74, 6) is 0. The average Bonchev–Trinajstić information content (AvgIpc) is 2.73. The van der Waals surface area contributed by atoms with Crippen molar-refractivity contribution in [2.45, 2.75) is 25.7 Å². The van der Waals surface area contributed by atoms with Gasteiger partial charge < -0.3 is 18.1 Å². The molecule has 3 rings (SSSR count). The lowest BCUT2D eigenvalue weighted by Crippen LogP contribution is -3.00. The quantitative estimate of drug-likeness (QED) is 0.404. The summed E-state index contributed by atoms with van der Waals surface area (Å²) in [6.07, 6.45) is 6.08. The van der Waals surface area contributed by atoms with E-state index < -0.39 is 7.26 Å². The van der Waals surface area contributed by atoms with E-state index in [-0.39, 0.29) is 24.8 Å². The van der Waals surface area contributed by atoms with Crippen LogP contribution in [-0.4, -0.2) is 12.7 Å². The van der Waals surface area contributed by atoms with Gasteiger partial charge in [-0.25, -0.2) is 0 Å². The van der Waals surface area contributed by atoms with Crippen molar-refractivity contribution < 1.29 is 12.4 Å². The van der Waals surface area contributed by atoms with E-state index in [1.54, 1.807) is 0 Å². The first-order chi connectivity index (χ1) is 12.9. The van der Waals surface area contributed by atoms with Gasteiger partial charge in [-0.1, -0.05) is 61.0 Å². The second-order valence-corrected chi connectivity index (χ2v) is 10.4. The lowest BCUT2D eigenvalue weighted by molar-refractivity contribution is -0.00000540. The molecular formula is C24H30Cl2NP. The molecule has 0 aromatic heterocycles. The van der Waals surface area contributed by atoms with E-state index in [4.69, 9.17) is 5.73 Å². The van der Waals surface area contributed by atoms with Crippen LogP contribution in [-0.2, 0) is 0 Å². The lowest BCUT2D eigenvalue weighted by Gasteiger charge is -2.27. The minimum absolute atomic E-state index is 0. The summed E-state index contributed by atoms with van der Waals surface area (Å²) in [6.45, 7) is 0.802. The van der Waals surface area contributed by atoms with Crippen molar-refractivity contribution in [2.75, 3.05) is 12.7 Å². The maximum absolute atomic E-state index is 5.68. The van der Waals surface area contributed by atoms with E-state index in [0.717, 1.165) is 13.0 Å². The summed E-state index contributed by atoms with van der Waals surface area (Å²) in [5, 5.41) is 4.45. The van der Waals surface area contributed by atoms with Crippen LogP contribution in [0.1, 0.15) is 25.7 Å². The Bertz CT molecular complexity index is 670. The molecule has 28 heavy (non-hydrogen) atoms. The zero-order chi connectivity index (χ0) is 18.1. The predicted octanol–water partition coefficient (Wildman–Crippen LogP) is 1.93. The Morgan fingerprint density at radius 2 is 0.893 bits per heavy atom. The van der Waals surface area contributed by atoms with E-state index in [9.17, 15) is 0 Å². The Hall–Kier alpha value is -1.37. The van der Waals surface area contributed by atoms with E-state index >= 15 is 0 Å². The molecule has 4 heteroatoms. The van der Waals surface area contributed by atoms with Crippen molar-refractivity contribution in [3.63, 3.8) is 0 Å². The van der Waals surface area contributed by atoms with Crippen LogP contribution < -0.4 is 34.1 Å². The third-order valence-corrected chi connectivity index (χ3v) is 9.56. The summed E-state index contributed by atoms with van der Waals surface area (Å²) in [4.78, 5) is 0. The number of nitrogens with two attached hydrogens (primary N) is 1. The molecule has 0 aliphatic heterocycles. The summed E-state index contributed by atoms with van der Waals surface area (Å²) >= 11 is 0. The van der Waals surface area contributed by atoms with E-state index in [2.05, 4.69) is 91.0 Å². The minimum atomic E-state index is -1.63. The summed E-state index contributed by atoms with van der Waals surface area (Å²) < 4.78 is 0. The first-order valence-electron chi connectivity index (χ1n) is 9.63. The summed E-state index contributed by atoms with van der Waals surface area (Å²) in [7, 11) is -1.63. The number of halogens is 2. The maximum Gasteiger partial charge on any atom is 0.112 e. The van der Waals surface area contributed by atoms with Crippen LogP contribution in [0.3, 0.4) is 0 Å². The molecular weight excluding hydrogens is 404 g/mol. The van der Waals surface area contributed by atoms with Gasteiger partial charge in [0.25, 0.3) is 0 Å². The number of unbranched alkanes of at least 4 members (excludes halogenated alkanes) is 3. The smallest absolute Gasteiger partial charge is 0.112 e. The molecule has 0 saturated carbocycles. The molecule has 2 N–H and O–H groups in total. The molecule has 1 nitrogen and oxygen atoms in total. The predicted molar refractivity (Wildman–Crippen MR) is 125 cm³/mol. The van der Waals surface area contributed by atoms with Crippen molar-refractivity contribution in [2.24, 2.45) is 5.73 Å². The fourth-order valence-corrected chi connectivity index (χ4v) is 8.14. The standard InChI is InChI=1S/C24H29NP.2ClH/c25-20-12-1-2-13-21-26(22-14-6-3-7-15-22,23-16-8-4-9-17-23)24-18-10-5-11-19-24;;/h3-11,14-19H,1-2,12-13,20-21,25H2;2*1H/q+1;;/p-1. The second-order valence-electron chi connectivity index (χ2n) is 6.74. The van der Waals surface area contributed by atoms with Gasteiger partial charge in [0, 0.05) is 0 Å². The van der Waals surface area contributed by atoms with Gasteiger partial charge in [0.2, 0.25) is 0 Å². The molecule has 0 heterocycles. The van der Waals surface area contributed by atoms with Gasteiger partial charge >= 0.3 is 0 Å². The molecule has 0 fully saturated rings. The molecule has 150 valence electrons. The third-order valence-electron chi connectivity index (χ3n) is 5.04. The number of benzene rings is 3. The van der Waals surface area contributed by atoms with Gasteiger partial charge in [-0.05, 0) is 62.2 Å². The average molecular weight is 434 g/mol. The van der Waals surface area contributed by atoms with Crippen LogP contribution in [0, 0.1) is 0 Å². The zero-order valence-corrected chi connectivity index (χ0v) is 18.7. The molecule has 0 saturated heterocycles. The normalized spacial score (nSPS) is 10.6. The molecule has 0 spiro atoms. The lowest BCUT2D eigenvalue weighted by atomic mass is 10.2.